The van der Waals surface area contributed by atoms with Gasteiger partial charge in [0.1, 0.15) is 23.3 Å². The average Bonchev–Trinajstić information content (AvgIpc) is 3.33. The number of rotatable bonds is 5. The Morgan fingerprint density at radius 2 is 2.03 bits per heavy atom. The number of alkyl halides is 2. The average molecular weight is 452 g/mol. The molecule has 0 unspecified atom stereocenters. The zero-order chi connectivity index (χ0) is 22.1. The molecule has 1 saturated heterocycles. The highest BCUT2D eigenvalue weighted by molar-refractivity contribution is 6.29. The Morgan fingerprint density at radius 3 is 2.71 bits per heavy atom. The molecule has 2 aromatic heterocycles. The van der Waals surface area contributed by atoms with Crippen LogP contribution in [-0.4, -0.2) is 51.3 Å². The van der Waals surface area contributed by atoms with Crippen LogP contribution in [0.25, 0.3) is 16.9 Å². The number of benzene rings is 1. The molecular formula is C19H13ClF3N5O3. The monoisotopic (exact) mass is 451 g/mol. The normalized spacial score (nSPS) is 13.6. The van der Waals surface area contributed by atoms with Gasteiger partial charge in [-0.2, -0.15) is 13.9 Å². The lowest BCUT2D eigenvalue weighted by Gasteiger charge is -2.11. The summed E-state index contributed by atoms with van der Waals surface area (Å²) in [5.74, 6) is -2.07. The Morgan fingerprint density at radius 1 is 1.23 bits per heavy atom. The fraction of sp³-hybridized carbons (Fsp3) is 0.158. The number of hydrogen-bond acceptors (Lipinski definition) is 5. The summed E-state index contributed by atoms with van der Waals surface area (Å²) in [5, 5.41) is 6.93. The number of nitrogens with one attached hydrogen (secondary N) is 1. The molecule has 1 N–H and O–H groups in total. The van der Waals surface area contributed by atoms with E-state index in [9.17, 15) is 22.8 Å². The first-order valence-electron chi connectivity index (χ1n) is 8.84. The fourth-order valence-electron chi connectivity index (χ4n) is 3.07. The van der Waals surface area contributed by atoms with E-state index in [1.165, 1.54) is 34.0 Å². The molecule has 0 saturated carbocycles. The summed E-state index contributed by atoms with van der Waals surface area (Å²) in [4.78, 5) is 29.4. The van der Waals surface area contributed by atoms with Crippen molar-refractivity contribution in [2.24, 2.45) is 0 Å². The van der Waals surface area contributed by atoms with Crippen LogP contribution in [0.3, 0.4) is 0 Å². The van der Waals surface area contributed by atoms with Crippen LogP contribution in [0, 0.1) is 5.82 Å². The molecule has 1 aromatic carbocycles. The first kappa shape index (κ1) is 20.7. The topological polar surface area (TPSA) is 89.4 Å². The van der Waals surface area contributed by atoms with Gasteiger partial charge >= 0.3 is 6.61 Å². The van der Waals surface area contributed by atoms with Gasteiger partial charge in [0.25, 0.3) is 5.91 Å². The molecule has 31 heavy (non-hydrogen) atoms. The molecule has 0 aliphatic carbocycles. The second-order valence-electron chi connectivity index (χ2n) is 6.48. The van der Waals surface area contributed by atoms with Crippen LogP contribution in [0.5, 0.6) is 5.75 Å². The van der Waals surface area contributed by atoms with Gasteiger partial charge in [-0.1, -0.05) is 11.6 Å². The quantitative estimate of drug-likeness (QED) is 0.603. The smallest absolute Gasteiger partial charge is 0.387 e. The predicted molar refractivity (Wildman–Crippen MR) is 102 cm³/mol. The molecule has 0 spiro atoms. The molecule has 3 heterocycles. The number of amides is 2. The lowest BCUT2D eigenvalue weighted by molar-refractivity contribution is -0.118. The van der Waals surface area contributed by atoms with Crippen LogP contribution in [0.4, 0.5) is 13.2 Å². The van der Waals surface area contributed by atoms with Gasteiger partial charge < -0.3 is 15.0 Å². The summed E-state index contributed by atoms with van der Waals surface area (Å²) >= 11 is 5.95. The molecule has 3 aromatic rings. The van der Waals surface area contributed by atoms with E-state index in [2.05, 4.69) is 20.1 Å². The number of ether oxygens (including phenoxy) is 1. The fourth-order valence-corrected chi connectivity index (χ4v) is 3.24. The molecular weight excluding hydrogens is 439 g/mol. The summed E-state index contributed by atoms with van der Waals surface area (Å²) < 4.78 is 45.0. The Bertz CT molecular complexity index is 1170. The minimum absolute atomic E-state index is 0.0211. The van der Waals surface area contributed by atoms with E-state index >= 15 is 0 Å². The van der Waals surface area contributed by atoms with E-state index in [1.807, 2.05) is 0 Å². The van der Waals surface area contributed by atoms with Crippen molar-refractivity contribution >= 4 is 23.4 Å². The van der Waals surface area contributed by atoms with Gasteiger partial charge in [-0.25, -0.2) is 14.1 Å². The molecule has 4 rings (SSSR count). The maximum Gasteiger partial charge on any atom is 0.387 e. The molecule has 160 valence electrons. The number of halogens is 4. The minimum Gasteiger partial charge on any atom is -0.435 e. The first-order chi connectivity index (χ1) is 14.8. The van der Waals surface area contributed by atoms with Crippen molar-refractivity contribution in [3.05, 3.63) is 59.3 Å². The van der Waals surface area contributed by atoms with Crippen LogP contribution in [0.2, 0.25) is 5.15 Å². The number of pyridine rings is 1. The zero-order valence-electron chi connectivity index (χ0n) is 15.6. The Hall–Kier alpha value is -3.60. The van der Waals surface area contributed by atoms with E-state index in [0.29, 0.717) is 5.69 Å². The molecule has 0 atom stereocenters. The van der Waals surface area contributed by atoms with Gasteiger partial charge in [-0.15, -0.1) is 0 Å². The number of carbonyl (C=O) groups is 2. The Labute approximate surface area is 178 Å². The Kier molecular flexibility index (Phi) is 5.51. The van der Waals surface area contributed by atoms with E-state index in [0.717, 1.165) is 12.1 Å². The standard InChI is InChI=1S/C19H13ClF3N5O3/c20-16-6-12(1-2-24-16)28-15(10-3-11(21)5-13(4-10)31-19(22)23)7-14(26-28)18(30)27-8-17(29)25-9-27/h1-7,19H,8-9H2,(H,25,29). The van der Waals surface area contributed by atoms with Crippen molar-refractivity contribution in [2.45, 2.75) is 6.61 Å². The number of hydrogen-bond donors (Lipinski definition) is 1. The van der Waals surface area contributed by atoms with Gasteiger partial charge in [0.15, 0.2) is 5.69 Å². The van der Waals surface area contributed by atoms with Gasteiger partial charge in [0.2, 0.25) is 5.91 Å². The number of aromatic nitrogens is 3. The van der Waals surface area contributed by atoms with Crippen LogP contribution >= 0.6 is 11.6 Å². The van der Waals surface area contributed by atoms with Gasteiger partial charge in [-0.05, 0) is 24.3 Å². The number of nitrogens with zero attached hydrogens (tertiary/aromatic N) is 4. The second kappa shape index (κ2) is 8.26. The molecule has 1 aliphatic rings. The van der Waals surface area contributed by atoms with E-state index in [-0.39, 0.29) is 41.2 Å². The first-order valence-corrected chi connectivity index (χ1v) is 9.21. The summed E-state index contributed by atoms with van der Waals surface area (Å²) in [7, 11) is 0. The SMILES string of the molecule is O=C1CN(C(=O)c2cc(-c3cc(F)cc(OC(F)F)c3)n(-c3ccnc(Cl)c3)n2)CN1. The molecule has 0 bridgehead atoms. The summed E-state index contributed by atoms with van der Waals surface area (Å²) in [6, 6.07) is 7.47. The van der Waals surface area contributed by atoms with Crippen LogP contribution in [-0.2, 0) is 4.79 Å². The van der Waals surface area contributed by atoms with Gasteiger partial charge in [-0.3, -0.25) is 9.59 Å². The highest BCUT2D eigenvalue weighted by Crippen LogP contribution is 2.30. The van der Waals surface area contributed by atoms with Crippen molar-refractivity contribution in [1.82, 2.24) is 25.0 Å². The molecule has 0 radical (unpaired) electrons. The molecule has 8 nitrogen and oxygen atoms in total. The molecule has 12 heteroatoms. The Balaban J connectivity index is 1.82. The van der Waals surface area contributed by atoms with Crippen LogP contribution in [0.15, 0.2) is 42.6 Å². The summed E-state index contributed by atoms with van der Waals surface area (Å²) in [5.41, 5.74) is 0.693. The highest BCUT2D eigenvalue weighted by atomic mass is 35.5. The zero-order valence-corrected chi connectivity index (χ0v) is 16.3. The highest BCUT2D eigenvalue weighted by Gasteiger charge is 2.27. The number of carbonyl (C=O) groups excluding carboxylic acids is 2. The minimum atomic E-state index is -3.14. The predicted octanol–water partition coefficient (Wildman–Crippen LogP) is 2.86. The molecule has 1 fully saturated rings. The largest absolute Gasteiger partial charge is 0.435 e. The summed E-state index contributed by atoms with van der Waals surface area (Å²) in [6.45, 7) is -3.25. The van der Waals surface area contributed by atoms with Crippen molar-refractivity contribution in [2.75, 3.05) is 13.2 Å². The van der Waals surface area contributed by atoms with Crippen LogP contribution < -0.4 is 10.1 Å². The van der Waals surface area contributed by atoms with Crippen molar-refractivity contribution in [3.63, 3.8) is 0 Å². The van der Waals surface area contributed by atoms with Crippen LogP contribution in [0.1, 0.15) is 10.5 Å². The lowest BCUT2D eigenvalue weighted by Crippen LogP contribution is -2.30. The second-order valence-corrected chi connectivity index (χ2v) is 6.87. The van der Waals surface area contributed by atoms with Gasteiger partial charge in [0.05, 0.1) is 18.1 Å². The molecule has 2 amide bonds. The lowest BCUT2D eigenvalue weighted by atomic mass is 10.1. The van der Waals surface area contributed by atoms with E-state index in [4.69, 9.17) is 11.6 Å². The molecule has 1 aliphatic heterocycles. The third-order valence-corrected chi connectivity index (χ3v) is 4.57. The third-order valence-electron chi connectivity index (χ3n) is 4.36. The third kappa shape index (κ3) is 4.45. The van der Waals surface area contributed by atoms with Crippen molar-refractivity contribution < 1.29 is 27.5 Å². The summed E-state index contributed by atoms with van der Waals surface area (Å²) in [6.07, 6.45) is 1.41. The van der Waals surface area contributed by atoms with Gasteiger partial charge in [0, 0.05) is 23.9 Å². The van der Waals surface area contributed by atoms with E-state index in [1.54, 1.807) is 6.07 Å². The van der Waals surface area contributed by atoms with Crippen molar-refractivity contribution in [1.29, 1.82) is 0 Å². The van der Waals surface area contributed by atoms with Crippen molar-refractivity contribution in [3.8, 4) is 22.7 Å². The van der Waals surface area contributed by atoms with E-state index < -0.39 is 24.1 Å². The maximum absolute atomic E-state index is 14.1. The maximum atomic E-state index is 14.1.